The van der Waals surface area contributed by atoms with Crippen molar-refractivity contribution in [1.29, 1.82) is 0 Å². The van der Waals surface area contributed by atoms with Gasteiger partial charge in [-0.05, 0) is 24.3 Å². The smallest absolute Gasteiger partial charge is 0.409 e. The lowest BCUT2D eigenvalue weighted by molar-refractivity contribution is 0.104. The van der Waals surface area contributed by atoms with E-state index in [1.54, 1.807) is 11.9 Å². The van der Waals surface area contributed by atoms with Gasteiger partial charge >= 0.3 is 6.09 Å². The van der Waals surface area contributed by atoms with Crippen LogP contribution in [0.15, 0.2) is 30.3 Å². The Morgan fingerprint density at radius 2 is 2.06 bits per heavy atom. The zero-order valence-electron chi connectivity index (χ0n) is 11.0. The molecule has 0 aliphatic heterocycles. The van der Waals surface area contributed by atoms with Crippen LogP contribution >= 0.6 is 0 Å². The molecule has 0 heterocycles. The van der Waals surface area contributed by atoms with E-state index in [1.165, 1.54) is 19.3 Å². The van der Waals surface area contributed by atoms with Crippen LogP contribution in [-0.2, 0) is 11.3 Å². The van der Waals surface area contributed by atoms with Gasteiger partial charge < -0.3 is 9.64 Å². The summed E-state index contributed by atoms with van der Waals surface area (Å²) in [4.78, 5) is 13.4. The number of hydrogen-bond acceptors (Lipinski definition) is 2. The predicted molar refractivity (Wildman–Crippen MR) is 71.2 cm³/mol. The van der Waals surface area contributed by atoms with Gasteiger partial charge in [0.15, 0.2) is 0 Å². The molecule has 1 aromatic rings. The minimum absolute atomic E-state index is 0.227. The van der Waals surface area contributed by atoms with E-state index in [9.17, 15) is 4.79 Å². The lowest BCUT2D eigenvalue weighted by Crippen LogP contribution is -2.28. The van der Waals surface area contributed by atoms with Crippen LogP contribution < -0.4 is 0 Å². The molecule has 0 radical (unpaired) electrons. The van der Waals surface area contributed by atoms with Crippen molar-refractivity contribution in [1.82, 2.24) is 4.90 Å². The molecule has 0 spiro atoms. The van der Waals surface area contributed by atoms with Crippen molar-refractivity contribution < 1.29 is 9.53 Å². The standard InChI is InChI=1S/C15H21NO2/c1-16(11-5-8-13-9-10-13)15(17)18-12-14-6-3-2-4-7-14/h2-4,6-7,13H,5,8-12H2,1H3. The summed E-state index contributed by atoms with van der Waals surface area (Å²) in [6.45, 7) is 1.15. The third-order valence-corrected chi connectivity index (χ3v) is 3.32. The van der Waals surface area contributed by atoms with Crippen molar-refractivity contribution >= 4 is 6.09 Å². The summed E-state index contributed by atoms with van der Waals surface area (Å²) in [6.07, 6.45) is 4.86. The molecule has 18 heavy (non-hydrogen) atoms. The summed E-state index contributed by atoms with van der Waals surface area (Å²) in [6, 6.07) is 9.76. The van der Waals surface area contributed by atoms with E-state index in [-0.39, 0.29) is 6.09 Å². The van der Waals surface area contributed by atoms with Crippen LogP contribution in [0.2, 0.25) is 0 Å². The highest BCUT2D eigenvalue weighted by Gasteiger charge is 2.21. The van der Waals surface area contributed by atoms with Crippen LogP contribution in [0.3, 0.4) is 0 Å². The highest BCUT2D eigenvalue weighted by atomic mass is 16.6. The Bertz CT molecular complexity index is 373. The second-order valence-corrected chi connectivity index (χ2v) is 5.05. The average molecular weight is 247 g/mol. The van der Waals surface area contributed by atoms with Crippen LogP contribution in [0.4, 0.5) is 4.79 Å². The second-order valence-electron chi connectivity index (χ2n) is 5.05. The zero-order chi connectivity index (χ0) is 12.8. The third-order valence-electron chi connectivity index (χ3n) is 3.32. The molecule has 0 N–H and O–H groups in total. The first kappa shape index (κ1) is 12.9. The number of ether oxygens (including phenoxy) is 1. The van der Waals surface area contributed by atoms with Gasteiger partial charge in [-0.1, -0.05) is 43.2 Å². The van der Waals surface area contributed by atoms with Gasteiger partial charge in [0.2, 0.25) is 0 Å². The fourth-order valence-corrected chi connectivity index (χ4v) is 1.94. The monoisotopic (exact) mass is 247 g/mol. The first-order valence-electron chi connectivity index (χ1n) is 6.67. The Hall–Kier alpha value is -1.51. The number of carbonyl (C=O) groups excluding carboxylic acids is 1. The molecule has 2 rings (SSSR count). The normalized spacial score (nSPS) is 14.3. The van der Waals surface area contributed by atoms with Crippen LogP contribution in [0.5, 0.6) is 0 Å². The topological polar surface area (TPSA) is 29.5 Å². The van der Waals surface area contributed by atoms with Gasteiger partial charge in [0.1, 0.15) is 6.61 Å². The van der Waals surface area contributed by atoms with E-state index >= 15 is 0 Å². The summed E-state index contributed by atoms with van der Waals surface area (Å²) in [7, 11) is 1.81. The van der Waals surface area contributed by atoms with Crippen molar-refractivity contribution in [3.8, 4) is 0 Å². The van der Waals surface area contributed by atoms with E-state index in [4.69, 9.17) is 4.74 Å². The fourth-order valence-electron chi connectivity index (χ4n) is 1.94. The number of hydrogen-bond donors (Lipinski definition) is 0. The van der Waals surface area contributed by atoms with Gasteiger partial charge in [-0.3, -0.25) is 0 Å². The maximum Gasteiger partial charge on any atom is 0.409 e. The summed E-state index contributed by atoms with van der Waals surface area (Å²) < 4.78 is 5.25. The summed E-state index contributed by atoms with van der Waals surface area (Å²) in [5.41, 5.74) is 1.03. The molecular weight excluding hydrogens is 226 g/mol. The Balaban J connectivity index is 1.63. The summed E-state index contributed by atoms with van der Waals surface area (Å²) in [5.74, 6) is 0.929. The summed E-state index contributed by atoms with van der Waals surface area (Å²) >= 11 is 0. The van der Waals surface area contributed by atoms with Crippen LogP contribution in [0.25, 0.3) is 0 Å². The first-order valence-corrected chi connectivity index (χ1v) is 6.67. The van der Waals surface area contributed by atoms with E-state index in [0.717, 1.165) is 24.4 Å². The molecule has 0 atom stereocenters. The fraction of sp³-hybridized carbons (Fsp3) is 0.533. The molecule has 1 amide bonds. The zero-order valence-corrected chi connectivity index (χ0v) is 11.0. The molecule has 3 heteroatoms. The van der Waals surface area contributed by atoms with Crippen molar-refractivity contribution in [3.05, 3.63) is 35.9 Å². The minimum atomic E-state index is -0.227. The molecule has 0 aromatic heterocycles. The van der Waals surface area contributed by atoms with Gasteiger partial charge in [0.05, 0.1) is 0 Å². The van der Waals surface area contributed by atoms with E-state index in [0.29, 0.717) is 6.61 Å². The van der Waals surface area contributed by atoms with Crippen molar-refractivity contribution in [2.45, 2.75) is 32.3 Å². The molecule has 1 aliphatic rings. The highest BCUT2D eigenvalue weighted by molar-refractivity contribution is 5.67. The number of rotatable bonds is 6. The van der Waals surface area contributed by atoms with Crippen LogP contribution in [0.1, 0.15) is 31.2 Å². The lowest BCUT2D eigenvalue weighted by Gasteiger charge is -2.16. The Labute approximate surface area is 109 Å². The third kappa shape index (κ3) is 4.40. The predicted octanol–water partition coefficient (Wildman–Crippen LogP) is 3.45. The average Bonchev–Trinajstić information content (AvgIpc) is 3.21. The van der Waals surface area contributed by atoms with E-state index in [2.05, 4.69) is 0 Å². The Morgan fingerprint density at radius 1 is 1.33 bits per heavy atom. The van der Waals surface area contributed by atoms with Crippen molar-refractivity contribution in [2.75, 3.05) is 13.6 Å². The Morgan fingerprint density at radius 3 is 2.72 bits per heavy atom. The van der Waals surface area contributed by atoms with Gasteiger partial charge in [0.25, 0.3) is 0 Å². The summed E-state index contributed by atoms with van der Waals surface area (Å²) in [5, 5.41) is 0. The molecular formula is C15H21NO2. The number of amides is 1. The molecule has 1 aromatic carbocycles. The van der Waals surface area contributed by atoms with Crippen molar-refractivity contribution in [3.63, 3.8) is 0 Å². The number of nitrogens with zero attached hydrogens (tertiary/aromatic N) is 1. The Kier molecular flexibility index (Phi) is 4.62. The quantitative estimate of drug-likeness (QED) is 0.770. The maximum absolute atomic E-state index is 11.7. The second kappa shape index (κ2) is 6.43. The molecule has 1 aliphatic carbocycles. The largest absolute Gasteiger partial charge is 0.445 e. The molecule has 1 fully saturated rings. The maximum atomic E-state index is 11.7. The van der Waals surface area contributed by atoms with Gasteiger partial charge in [0, 0.05) is 13.6 Å². The van der Waals surface area contributed by atoms with Crippen LogP contribution in [0, 0.1) is 5.92 Å². The molecule has 3 nitrogen and oxygen atoms in total. The molecule has 98 valence electrons. The van der Waals surface area contributed by atoms with Crippen LogP contribution in [-0.4, -0.2) is 24.6 Å². The lowest BCUT2D eigenvalue weighted by atomic mass is 10.2. The van der Waals surface area contributed by atoms with Gasteiger partial charge in [-0.25, -0.2) is 4.79 Å². The van der Waals surface area contributed by atoms with Gasteiger partial charge in [-0.2, -0.15) is 0 Å². The minimum Gasteiger partial charge on any atom is -0.445 e. The molecule has 1 saturated carbocycles. The van der Waals surface area contributed by atoms with Gasteiger partial charge in [-0.15, -0.1) is 0 Å². The number of benzene rings is 1. The molecule has 0 saturated heterocycles. The SMILES string of the molecule is CN(CCCC1CC1)C(=O)OCc1ccccc1. The van der Waals surface area contributed by atoms with E-state index in [1.807, 2.05) is 30.3 Å². The highest BCUT2D eigenvalue weighted by Crippen LogP contribution is 2.33. The first-order chi connectivity index (χ1) is 8.75. The number of carbonyl (C=O) groups is 1. The van der Waals surface area contributed by atoms with E-state index < -0.39 is 0 Å². The molecule has 0 bridgehead atoms. The van der Waals surface area contributed by atoms with Crippen molar-refractivity contribution in [2.24, 2.45) is 5.92 Å². The molecule has 0 unspecified atom stereocenters.